The van der Waals surface area contributed by atoms with Gasteiger partial charge >= 0.3 is 12.1 Å². The molecular weight excluding hydrogens is 339 g/mol. The zero-order chi connectivity index (χ0) is 18.8. The van der Waals surface area contributed by atoms with Gasteiger partial charge in [-0.15, -0.1) is 0 Å². The third-order valence-corrected chi connectivity index (χ3v) is 4.13. The number of benzene rings is 1. The van der Waals surface area contributed by atoms with E-state index in [0.29, 0.717) is 6.61 Å². The predicted octanol–water partition coefficient (Wildman–Crippen LogP) is 2.95. The Morgan fingerprint density at radius 2 is 1.84 bits per heavy atom. The first kappa shape index (κ1) is 19.2. The van der Waals surface area contributed by atoms with Crippen molar-refractivity contribution < 1.29 is 32.6 Å². The Morgan fingerprint density at radius 1 is 1.24 bits per heavy atom. The van der Waals surface area contributed by atoms with Crippen LogP contribution in [0.1, 0.15) is 29.8 Å². The number of rotatable bonds is 5. The number of nitrogens with zero attached hydrogens (tertiary/aromatic N) is 1. The Labute approximate surface area is 143 Å². The molecule has 5 nitrogen and oxygen atoms in total. The van der Waals surface area contributed by atoms with Gasteiger partial charge in [0.1, 0.15) is 0 Å². The molecule has 1 saturated heterocycles. The Morgan fingerprint density at radius 3 is 2.28 bits per heavy atom. The van der Waals surface area contributed by atoms with Crippen molar-refractivity contribution in [3.05, 3.63) is 35.4 Å². The molecule has 25 heavy (non-hydrogen) atoms. The highest BCUT2D eigenvalue weighted by atomic mass is 19.4. The summed E-state index contributed by atoms with van der Waals surface area (Å²) in [6.45, 7) is 3.06. The third kappa shape index (κ3) is 4.72. The highest BCUT2D eigenvalue weighted by molar-refractivity contribution is 5.95. The second-order valence-electron chi connectivity index (χ2n) is 6.36. The van der Waals surface area contributed by atoms with Crippen molar-refractivity contribution in [2.24, 2.45) is 11.8 Å². The topological polar surface area (TPSA) is 66.8 Å². The van der Waals surface area contributed by atoms with Gasteiger partial charge < -0.3 is 14.7 Å². The van der Waals surface area contributed by atoms with Gasteiger partial charge in [0, 0.05) is 18.7 Å². The number of hydrogen-bond donors (Lipinski definition) is 1. The molecule has 0 spiro atoms. The quantitative estimate of drug-likeness (QED) is 0.878. The Kier molecular flexibility index (Phi) is 5.72. The molecule has 1 N–H and O–H groups in total. The molecule has 0 saturated carbocycles. The molecule has 0 bridgehead atoms. The number of hydrogen-bond acceptors (Lipinski definition) is 3. The van der Waals surface area contributed by atoms with Crippen LogP contribution in [0.2, 0.25) is 0 Å². The smallest absolute Gasteiger partial charge is 0.394 e. The van der Waals surface area contributed by atoms with Crippen LogP contribution in [-0.4, -0.2) is 47.3 Å². The SMILES string of the molecule is CC(C)OCc1ccc(C(=O)N2C[C@@H](C(F)(F)F)[C@H](C(=O)O)C2)cc1. The maximum Gasteiger partial charge on any atom is 0.394 e. The summed E-state index contributed by atoms with van der Waals surface area (Å²) in [5.41, 5.74) is 1.06. The van der Waals surface area contributed by atoms with E-state index < -0.39 is 43.0 Å². The van der Waals surface area contributed by atoms with Crippen LogP contribution in [0.15, 0.2) is 24.3 Å². The van der Waals surface area contributed by atoms with Crippen molar-refractivity contribution in [2.75, 3.05) is 13.1 Å². The van der Waals surface area contributed by atoms with Gasteiger partial charge in [0.05, 0.1) is 24.5 Å². The third-order valence-electron chi connectivity index (χ3n) is 4.13. The van der Waals surface area contributed by atoms with Crippen LogP contribution in [0.25, 0.3) is 0 Å². The summed E-state index contributed by atoms with van der Waals surface area (Å²) in [5.74, 6) is -5.83. The Hall–Kier alpha value is -2.09. The van der Waals surface area contributed by atoms with Crippen LogP contribution in [0, 0.1) is 11.8 Å². The number of ether oxygens (including phenoxy) is 1. The molecule has 1 amide bonds. The van der Waals surface area contributed by atoms with Gasteiger partial charge in [0.25, 0.3) is 5.91 Å². The fourth-order valence-corrected chi connectivity index (χ4v) is 2.74. The van der Waals surface area contributed by atoms with Gasteiger partial charge in [0.15, 0.2) is 0 Å². The number of carbonyl (C=O) groups excluding carboxylic acids is 1. The van der Waals surface area contributed by atoms with Gasteiger partial charge in [-0.05, 0) is 31.5 Å². The minimum absolute atomic E-state index is 0.0539. The van der Waals surface area contributed by atoms with Gasteiger partial charge in [-0.1, -0.05) is 12.1 Å². The number of amides is 1. The monoisotopic (exact) mass is 359 g/mol. The molecule has 2 rings (SSSR count). The number of aliphatic carboxylic acids is 1. The van der Waals surface area contributed by atoms with E-state index in [1.54, 1.807) is 12.1 Å². The molecular formula is C17H20F3NO4. The zero-order valence-electron chi connectivity index (χ0n) is 13.9. The maximum absolute atomic E-state index is 13.0. The molecule has 1 heterocycles. The van der Waals surface area contributed by atoms with Gasteiger partial charge in [0.2, 0.25) is 0 Å². The predicted molar refractivity (Wildman–Crippen MR) is 82.9 cm³/mol. The van der Waals surface area contributed by atoms with E-state index >= 15 is 0 Å². The van der Waals surface area contributed by atoms with Gasteiger partial charge in [-0.3, -0.25) is 9.59 Å². The van der Waals surface area contributed by atoms with E-state index in [9.17, 15) is 22.8 Å². The van der Waals surface area contributed by atoms with E-state index in [-0.39, 0.29) is 11.7 Å². The van der Waals surface area contributed by atoms with Crippen molar-refractivity contribution in [3.8, 4) is 0 Å². The Balaban J connectivity index is 2.09. The highest BCUT2D eigenvalue weighted by Crippen LogP contribution is 2.38. The van der Waals surface area contributed by atoms with Crippen LogP contribution in [0.3, 0.4) is 0 Å². The van der Waals surface area contributed by atoms with E-state index in [0.717, 1.165) is 10.5 Å². The summed E-state index contributed by atoms with van der Waals surface area (Å²) >= 11 is 0. The molecule has 1 aliphatic heterocycles. The molecule has 0 aromatic heterocycles. The molecule has 138 valence electrons. The maximum atomic E-state index is 13.0. The lowest BCUT2D eigenvalue weighted by molar-refractivity contribution is -0.187. The van der Waals surface area contributed by atoms with Crippen LogP contribution in [-0.2, 0) is 16.1 Å². The van der Waals surface area contributed by atoms with Crippen LogP contribution >= 0.6 is 0 Å². The summed E-state index contributed by atoms with van der Waals surface area (Å²) in [4.78, 5) is 24.4. The molecule has 1 aromatic carbocycles. The highest BCUT2D eigenvalue weighted by Gasteiger charge is 2.53. The summed E-state index contributed by atoms with van der Waals surface area (Å²) in [6.07, 6.45) is -4.60. The fourth-order valence-electron chi connectivity index (χ4n) is 2.74. The lowest BCUT2D eigenvalue weighted by atomic mass is 9.96. The molecule has 1 aromatic rings. The number of likely N-dealkylation sites (tertiary alicyclic amines) is 1. The van der Waals surface area contributed by atoms with E-state index in [4.69, 9.17) is 9.84 Å². The van der Waals surface area contributed by atoms with Crippen molar-refractivity contribution in [1.29, 1.82) is 0 Å². The minimum atomic E-state index is -4.66. The number of halogens is 3. The van der Waals surface area contributed by atoms with Crippen LogP contribution in [0.5, 0.6) is 0 Å². The number of carbonyl (C=O) groups is 2. The molecule has 0 unspecified atom stereocenters. The summed E-state index contributed by atoms with van der Waals surface area (Å²) in [5, 5.41) is 9.01. The van der Waals surface area contributed by atoms with Crippen LogP contribution in [0.4, 0.5) is 13.2 Å². The second kappa shape index (κ2) is 7.43. The molecule has 1 fully saturated rings. The number of carboxylic acids is 1. The lowest BCUT2D eigenvalue weighted by Crippen LogP contribution is -2.34. The number of alkyl halides is 3. The number of carboxylic acid groups (broad SMARTS) is 1. The average Bonchev–Trinajstić information content (AvgIpc) is 2.98. The standard InChI is InChI=1S/C17H20F3NO4/c1-10(2)25-9-11-3-5-12(6-4-11)15(22)21-7-13(16(23)24)14(8-21)17(18,19)20/h3-6,10,13-14H,7-9H2,1-2H3,(H,23,24)/t13-,14-/m1/s1. The van der Waals surface area contributed by atoms with E-state index in [2.05, 4.69) is 0 Å². The normalized spacial score (nSPS) is 21.0. The molecule has 1 aliphatic rings. The van der Waals surface area contributed by atoms with Crippen molar-refractivity contribution in [3.63, 3.8) is 0 Å². The van der Waals surface area contributed by atoms with Crippen LogP contribution < -0.4 is 0 Å². The fraction of sp³-hybridized carbons (Fsp3) is 0.529. The lowest BCUT2D eigenvalue weighted by Gasteiger charge is -2.18. The first-order valence-corrected chi connectivity index (χ1v) is 7.89. The van der Waals surface area contributed by atoms with Gasteiger partial charge in [-0.25, -0.2) is 0 Å². The van der Waals surface area contributed by atoms with Crippen molar-refractivity contribution >= 4 is 11.9 Å². The van der Waals surface area contributed by atoms with E-state index in [1.807, 2.05) is 13.8 Å². The summed E-state index contributed by atoms with van der Waals surface area (Å²) in [6, 6.07) is 6.36. The van der Waals surface area contributed by atoms with E-state index in [1.165, 1.54) is 12.1 Å². The molecule has 2 atom stereocenters. The molecule has 8 heteroatoms. The summed E-state index contributed by atoms with van der Waals surface area (Å²) in [7, 11) is 0. The Bertz CT molecular complexity index is 628. The molecule has 0 aliphatic carbocycles. The minimum Gasteiger partial charge on any atom is -0.481 e. The van der Waals surface area contributed by atoms with Gasteiger partial charge in [-0.2, -0.15) is 13.2 Å². The largest absolute Gasteiger partial charge is 0.481 e. The average molecular weight is 359 g/mol. The first-order chi connectivity index (χ1) is 11.6. The van der Waals surface area contributed by atoms with Crippen molar-refractivity contribution in [1.82, 2.24) is 4.90 Å². The summed E-state index contributed by atoms with van der Waals surface area (Å²) < 4.78 is 44.4. The second-order valence-corrected chi connectivity index (χ2v) is 6.36. The molecule has 0 radical (unpaired) electrons. The first-order valence-electron chi connectivity index (χ1n) is 7.89. The van der Waals surface area contributed by atoms with Crippen molar-refractivity contribution in [2.45, 2.75) is 32.7 Å². The zero-order valence-corrected chi connectivity index (χ0v) is 13.9.